The molecule has 9 heteroatoms. The maximum absolute atomic E-state index is 8.67. The standard InChI is InChI=1S/7O.Ta.Zr. The molecule has 51 valence electrons. The number of hydrogen-bond acceptors (Lipinski definition) is 7. The van der Waals surface area contributed by atoms with E-state index in [4.69, 9.17) is 21.9 Å². The molecule has 0 aliphatic heterocycles. The Morgan fingerprint density at radius 3 is 0.778 bits per heavy atom. The fraction of sp³-hybridized carbons (Fsp3) is 0. The summed E-state index contributed by atoms with van der Waals surface area (Å²) in [5, 5.41) is 0. The molecule has 0 N–H and O–H groups in total. The molecule has 0 aliphatic rings. The van der Waals surface area contributed by atoms with Gasteiger partial charge in [-0.2, -0.15) is 0 Å². The van der Waals surface area contributed by atoms with Crippen LogP contribution in [0.2, 0.25) is 0 Å². The molecule has 0 aromatic rings. The third-order valence-electron chi connectivity index (χ3n) is 0. The SMILES string of the molecule is [O]=[Ta](=[O])(=[O])(=[O])=[O].[O]=[Zr]=[O]. The molecule has 0 aromatic heterocycles. The van der Waals surface area contributed by atoms with Crippen LogP contribution in [0.25, 0.3) is 0 Å². The van der Waals surface area contributed by atoms with E-state index in [1.165, 1.54) is 0 Å². The molecular weight excluding hydrogens is 384 g/mol. The van der Waals surface area contributed by atoms with Crippen LogP contribution < -0.4 is 0 Å². The van der Waals surface area contributed by atoms with Gasteiger partial charge in [0.15, 0.2) is 0 Å². The molecule has 0 atom stereocenters. The third kappa shape index (κ3) is 6380. The van der Waals surface area contributed by atoms with Crippen LogP contribution in [-0.2, 0) is 60.8 Å². The van der Waals surface area contributed by atoms with Gasteiger partial charge in [0.2, 0.25) is 0 Å². The van der Waals surface area contributed by atoms with Crippen LogP contribution >= 0.6 is 0 Å². The Labute approximate surface area is 60.5 Å². The average Bonchev–Trinajstić information content (AvgIpc) is 1.23. The summed E-state index contributed by atoms with van der Waals surface area (Å²) in [5.41, 5.74) is 0. The van der Waals surface area contributed by atoms with Gasteiger partial charge in [0.1, 0.15) is 0 Å². The van der Waals surface area contributed by atoms with Crippen LogP contribution in [0.3, 0.4) is 0 Å². The Hall–Kier alpha value is 0.223. The Kier molecular flexibility index (Phi) is 4.52. The number of rotatable bonds is 0. The van der Waals surface area contributed by atoms with Gasteiger partial charge in [0.05, 0.1) is 0 Å². The van der Waals surface area contributed by atoms with Crippen molar-refractivity contribution in [1.29, 1.82) is 0 Å². The zero-order valence-electron chi connectivity index (χ0n) is 3.80. The first kappa shape index (κ1) is 12.0. The topological polar surface area (TPSA) is 119 Å². The summed E-state index contributed by atoms with van der Waals surface area (Å²) >= 11 is -10.3. The fourth-order valence-electron chi connectivity index (χ4n) is 0. The van der Waals surface area contributed by atoms with Gasteiger partial charge in [-0.25, -0.2) is 0 Å². The summed E-state index contributed by atoms with van der Waals surface area (Å²) in [5.74, 6) is 0. The van der Waals surface area contributed by atoms with E-state index < -0.39 is 38.9 Å². The molecule has 0 fully saturated rings. The van der Waals surface area contributed by atoms with E-state index in [1.54, 1.807) is 0 Å². The minimum absolute atomic E-state index is 2.27. The summed E-state index contributed by atoms with van der Waals surface area (Å²) in [6, 6.07) is 0. The van der Waals surface area contributed by atoms with Crippen LogP contribution in [0.15, 0.2) is 0 Å². The van der Waals surface area contributed by atoms with E-state index in [0.717, 1.165) is 0 Å². The molecule has 0 aromatic carbocycles. The quantitative estimate of drug-likeness (QED) is 0.534. The van der Waals surface area contributed by atoms with E-state index in [0.29, 0.717) is 0 Å². The second-order valence-corrected chi connectivity index (χ2v) is 6.59. The van der Waals surface area contributed by atoms with E-state index in [9.17, 15) is 0 Å². The van der Waals surface area contributed by atoms with Gasteiger partial charge >= 0.3 is 60.8 Å². The molecule has 0 aliphatic carbocycles. The van der Waals surface area contributed by atoms with Crippen molar-refractivity contribution in [2.45, 2.75) is 0 Å². The Morgan fingerprint density at radius 1 is 0.778 bits per heavy atom. The summed E-state index contributed by atoms with van der Waals surface area (Å²) in [6.07, 6.45) is 0. The van der Waals surface area contributed by atoms with E-state index in [2.05, 4.69) is 0 Å². The van der Waals surface area contributed by atoms with Crippen molar-refractivity contribution in [3.63, 3.8) is 0 Å². The van der Waals surface area contributed by atoms with Gasteiger partial charge < -0.3 is 0 Å². The van der Waals surface area contributed by atoms with Crippen molar-refractivity contribution < 1.29 is 60.8 Å². The van der Waals surface area contributed by atoms with Crippen molar-refractivity contribution in [3.05, 3.63) is 0 Å². The van der Waals surface area contributed by atoms with Crippen LogP contribution in [0, 0.1) is 0 Å². The van der Waals surface area contributed by atoms with Gasteiger partial charge in [-0.15, -0.1) is 0 Å². The van der Waals surface area contributed by atoms with E-state index in [1.807, 2.05) is 0 Å². The van der Waals surface area contributed by atoms with Crippen molar-refractivity contribution in [3.8, 4) is 0 Å². The second kappa shape index (κ2) is 3.41. The fourth-order valence-corrected chi connectivity index (χ4v) is 0. The second-order valence-electron chi connectivity index (χ2n) is 0.829. The Morgan fingerprint density at radius 2 is 0.778 bits per heavy atom. The molecule has 0 amide bonds. The molecule has 0 heterocycles. The van der Waals surface area contributed by atoms with Crippen molar-refractivity contribution >= 4 is 0 Å². The molecule has 0 saturated carbocycles. The molecule has 0 saturated heterocycles. The summed E-state index contributed by atoms with van der Waals surface area (Å²) in [6.45, 7) is 0. The van der Waals surface area contributed by atoms with Gasteiger partial charge in [-0.3, -0.25) is 0 Å². The monoisotopic (exact) mass is 383 g/mol. The first-order valence-corrected chi connectivity index (χ1v) is 9.89. The van der Waals surface area contributed by atoms with Gasteiger partial charge in [-0.05, 0) is 0 Å². The summed E-state index contributed by atoms with van der Waals surface area (Å²) < 4.78 is 60.5. The summed E-state index contributed by atoms with van der Waals surface area (Å²) in [7, 11) is 0. The summed E-state index contributed by atoms with van der Waals surface area (Å²) in [4.78, 5) is 0. The van der Waals surface area contributed by atoms with Crippen molar-refractivity contribution in [2.75, 3.05) is 0 Å². The van der Waals surface area contributed by atoms with Gasteiger partial charge in [-0.1, -0.05) is 0 Å². The Balaban J connectivity index is 0. The Bertz CT molecular complexity index is 353. The maximum atomic E-state index is 8.67. The first-order valence-electron chi connectivity index (χ1n) is 1.32. The van der Waals surface area contributed by atoms with Crippen LogP contribution in [-0.4, -0.2) is 0 Å². The van der Waals surface area contributed by atoms with E-state index in [-0.39, 0.29) is 0 Å². The normalized spacial score (nSPS) is 7.56. The van der Waals surface area contributed by atoms with Crippen molar-refractivity contribution in [1.82, 2.24) is 0 Å². The predicted octanol–water partition coefficient (Wildman–Crippen LogP) is -0.837. The molecule has 0 spiro atoms. The predicted molar refractivity (Wildman–Crippen MR) is 4.81 cm³/mol. The molecular formula is O7TaZr. The molecule has 0 bridgehead atoms. The van der Waals surface area contributed by atoms with Crippen LogP contribution in [0.1, 0.15) is 0 Å². The van der Waals surface area contributed by atoms with Gasteiger partial charge in [0, 0.05) is 0 Å². The van der Waals surface area contributed by atoms with Gasteiger partial charge in [0.25, 0.3) is 0 Å². The first-order chi connectivity index (χ1) is 3.65. The molecule has 9 heavy (non-hydrogen) atoms. The third-order valence-corrected chi connectivity index (χ3v) is 0. The van der Waals surface area contributed by atoms with E-state index >= 15 is 0 Å². The van der Waals surface area contributed by atoms with Crippen molar-refractivity contribution in [2.24, 2.45) is 0 Å². The number of hydrogen-bond donors (Lipinski definition) is 0. The molecule has 0 radical (unpaired) electrons. The molecule has 0 unspecified atom stereocenters. The molecule has 0 rings (SSSR count). The molecule has 7 nitrogen and oxygen atoms in total. The van der Waals surface area contributed by atoms with Crippen LogP contribution in [0.4, 0.5) is 0 Å². The van der Waals surface area contributed by atoms with Crippen LogP contribution in [0.5, 0.6) is 0 Å². The zero-order chi connectivity index (χ0) is 8.15. The zero-order valence-corrected chi connectivity index (χ0v) is 9.48. The average molecular weight is 384 g/mol. The minimum atomic E-state index is -8.05.